The molecule has 0 aliphatic heterocycles. The van der Waals surface area contributed by atoms with Crippen molar-refractivity contribution in [2.75, 3.05) is 19.3 Å². The number of aryl methyl sites for hydroxylation is 1. The van der Waals surface area contributed by atoms with Gasteiger partial charge in [0.05, 0.1) is 0 Å². The summed E-state index contributed by atoms with van der Waals surface area (Å²) < 4.78 is 0. The maximum atomic E-state index is 12.1. The molecule has 21 heavy (non-hydrogen) atoms. The molecule has 0 fully saturated rings. The Balaban J connectivity index is 1.77. The Morgan fingerprint density at radius 3 is 2.43 bits per heavy atom. The molecule has 3 heteroatoms. The van der Waals surface area contributed by atoms with Crippen LogP contribution in [0, 0.1) is 0 Å². The third-order valence-corrected chi connectivity index (χ3v) is 3.58. The number of benzene rings is 2. The summed E-state index contributed by atoms with van der Waals surface area (Å²) in [5, 5.41) is 0. The van der Waals surface area contributed by atoms with Crippen LogP contribution in [0.25, 0.3) is 0 Å². The topological polar surface area (TPSA) is 46.3 Å². The van der Waals surface area contributed by atoms with Gasteiger partial charge in [-0.15, -0.1) is 0 Å². The van der Waals surface area contributed by atoms with Gasteiger partial charge in [-0.2, -0.15) is 0 Å². The van der Waals surface area contributed by atoms with E-state index in [9.17, 15) is 4.79 Å². The smallest absolute Gasteiger partial charge is 0.222 e. The van der Waals surface area contributed by atoms with Gasteiger partial charge in [0, 0.05) is 25.7 Å². The Labute approximate surface area is 126 Å². The van der Waals surface area contributed by atoms with Crippen molar-refractivity contribution in [2.45, 2.75) is 19.3 Å². The van der Waals surface area contributed by atoms with Gasteiger partial charge in [-0.25, -0.2) is 0 Å². The highest BCUT2D eigenvalue weighted by Crippen LogP contribution is 2.10. The molecule has 3 nitrogen and oxygen atoms in total. The van der Waals surface area contributed by atoms with Crippen LogP contribution in [0.4, 0.5) is 5.69 Å². The zero-order valence-corrected chi connectivity index (χ0v) is 12.5. The zero-order valence-electron chi connectivity index (χ0n) is 12.5. The van der Waals surface area contributed by atoms with Crippen LogP contribution in [0.3, 0.4) is 0 Å². The molecule has 110 valence electrons. The summed E-state index contributed by atoms with van der Waals surface area (Å²) in [6.45, 7) is 0.750. The van der Waals surface area contributed by atoms with E-state index in [0.717, 1.165) is 30.6 Å². The number of carbonyl (C=O) groups is 1. The number of hydrogen-bond acceptors (Lipinski definition) is 2. The first-order valence-corrected chi connectivity index (χ1v) is 7.27. The number of carbonyl (C=O) groups excluding carboxylic acids is 1. The summed E-state index contributed by atoms with van der Waals surface area (Å²) in [6, 6.07) is 17.9. The minimum Gasteiger partial charge on any atom is -0.399 e. The molecule has 0 aliphatic rings. The summed E-state index contributed by atoms with van der Waals surface area (Å²) in [6.07, 6.45) is 2.15. The molecule has 2 N–H and O–H groups in total. The van der Waals surface area contributed by atoms with Crippen molar-refractivity contribution in [1.82, 2.24) is 4.90 Å². The maximum Gasteiger partial charge on any atom is 0.222 e. The lowest BCUT2D eigenvalue weighted by Crippen LogP contribution is -2.29. The monoisotopic (exact) mass is 282 g/mol. The number of nitrogens with zero attached hydrogens (tertiary/aromatic N) is 1. The second-order valence-electron chi connectivity index (χ2n) is 5.30. The molecule has 0 spiro atoms. The highest BCUT2D eigenvalue weighted by atomic mass is 16.2. The van der Waals surface area contributed by atoms with Crippen LogP contribution in [-0.2, 0) is 17.6 Å². The van der Waals surface area contributed by atoms with Crippen molar-refractivity contribution in [3.8, 4) is 0 Å². The van der Waals surface area contributed by atoms with Crippen LogP contribution >= 0.6 is 0 Å². The Bertz CT molecular complexity index is 581. The van der Waals surface area contributed by atoms with E-state index in [2.05, 4.69) is 12.1 Å². The normalized spacial score (nSPS) is 10.3. The largest absolute Gasteiger partial charge is 0.399 e. The molecule has 0 aliphatic carbocycles. The molecule has 0 aromatic heterocycles. The fraction of sp³-hybridized carbons (Fsp3) is 0.278. The van der Waals surface area contributed by atoms with E-state index in [4.69, 9.17) is 5.73 Å². The van der Waals surface area contributed by atoms with E-state index < -0.39 is 0 Å². The molecular weight excluding hydrogens is 260 g/mol. The van der Waals surface area contributed by atoms with E-state index >= 15 is 0 Å². The summed E-state index contributed by atoms with van der Waals surface area (Å²) >= 11 is 0. The van der Waals surface area contributed by atoms with Gasteiger partial charge in [-0.1, -0.05) is 42.5 Å². The number of amides is 1. The lowest BCUT2D eigenvalue weighted by atomic mass is 10.1. The molecule has 2 aromatic rings. The fourth-order valence-electron chi connectivity index (χ4n) is 2.26. The molecule has 2 rings (SSSR count). The van der Waals surface area contributed by atoms with Crippen molar-refractivity contribution in [1.29, 1.82) is 0 Å². The predicted octanol–water partition coefficient (Wildman–Crippen LogP) is 2.90. The number of nitrogens with two attached hydrogens (primary N) is 1. The quantitative estimate of drug-likeness (QED) is 0.828. The van der Waals surface area contributed by atoms with Gasteiger partial charge in [0.2, 0.25) is 5.91 Å². The average Bonchev–Trinajstić information content (AvgIpc) is 2.51. The highest BCUT2D eigenvalue weighted by Gasteiger charge is 2.08. The maximum absolute atomic E-state index is 12.1. The number of likely N-dealkylation sites (N-methyl/N-ethyl adjacent to an activating group) is 1. The van der Waals surface area contributed by atoms with E-state index in [1.807, 2.05) is 49.5 Å². The molecule has 0 heterocycles. The number of nitrogen functional groups attached to an aromatic ring is 1. The fourth-order valence-corrected chi connectivity index (χ4v) is 2.26. The Morgan fingerprint density at radius 2 is 1.71 bits per heavy atom. The first kappa shape index (κ1) is 15.1. The minimum absolute atomic E-state index is 0.174. The number of anilines is 1. The molecule has 2 aromatic carbocycles. The van der Waals surface area contributed by atoms with Crippen molar-refractivity contribution in [3.05, 3.63) is 65.7 Å². The lowest BCUT2D eigenvalue weighted by Gasteiger charge is -2.17. The van der Waals surface area contributed by atoms with Crippen molar-refractivity contribution in [3.63, 3.8) is 0 Å². The van der Waals surface area contributed by atoms with Gasteiger partial charge in [-0.05, 0) is 36.1 Å². The Hall–Kier alpha value is -2.29. The molecule has 0 saturated carbocycles. The molecular formula is C18H22N2O. The van der Waals surface area contributed by atoms with Gasteiger partial charge in [0.1, 0.15) is 0 Å². The average molecular weight is 282 g/mol. The first-order chi connectivity index (χ1) is 10.1. The van der Waals surface area contributed by atoms with Crippen molar-refractivity contribution < 1.29 is 4.79 Å². The van der Waals surface area contributed by atoms with Crippen LogP contribution in [0.15, 0.2) is 54.6 Å². The molecule has 1 amide bonds. The second kappa shape index (κ2) is 7.48. The molecule has 0 radical (unpaired) electrons. The zero-order chi connectivity index (χ0) is 15.1. The van der Waals surface area contributed by atoms with Gasteiger partial charge >= 0.3 is 0 Å². The first-order valence-electron chi connectivity index (χ1n) is 7.27. The summed E-state index contributed by atoms with van der Waals surface area (Å²) in [5.74, 6) is 0.174. The van der Waals surface area contributed by atoms with Gasteiger partial charge in [0.15, 0.2) is 0 Å². The van der Waals surface area contributed by atoms with Crippen LogP contribution in [-0.4, -0.2) is 24.4 Å². The summed E-state index contributed by atoms with van der Waals surface area (Å²) in [5.41, 5.74) is 8.86. The summed E-state index contributed by atoms with van der Waals surface area (Å²) in [4.78, 5) is 13.9. The molecule has 0 saturated heterocycles. The van der Waals surface area contributed by atoms with Crippen LogP contribution in [0.1, 0.15) is 17.5 Å². The van der Waals surface area contributed by atoms with E-state index in [1.54, 1.807) is 4.90 Å². The van der Waals surface area contributed by atoms with Gasteiger partial charge < -0.3 is 10.6 Å². The molecule has 0 atom stereocenters. The standard InChI is InChI=1S/C18H22N2O/c1-20(13-12-15-6-3-2-4-7-15)18(21)11-10-16-8-5-9-17(19)14-16/h2-9,14H,10-13,19H2,1H3. The minimum atomic E-state index is 0.174. The number of rotatable bonds is 6. The van der Waals surface area contributed by atoms with Crippen molar-refractivity contribution >= 4 is 11.6 Å². The van der Waals surface area contributed by atoms with Crippen molar-refractivity contribution in [2.24, 2.45) is 0 Å². The van der Waals surface area contributed by atoms with E-state index in [-0.39, 0.29) is 5.91 Å². The summed E-state index contributed by atoms with van der Waals surface area (Å²) in [7, 11) is 1.87. The van der Waals surface area contributed by atoms with E-state index in [1.165, 1.54) is 5.56 Å². The van der Waals surface area contributed by atoms with Gasteiger partial charge in [0.25, 0.3) is 0 Å². The molecule has 0 unspecified atom stereocenters. The van der Waals surface area contributed by atoms with E-state index in [0.29, 0.717) is 6.42 Å². The lowest BCUT2D eigenvalue weighted by molar-refractivity contribution is -0.129. The molecule has 0 bridgehead atoms. The van der Waals surface area contributed by atoms with Gasteiger partial charge in [-0.3, -0.25) is 4.79 Å². The van der Waals surface area contributed by atoms with Crippen LogP contribution in [0.2, 0.25) is 0 Å². The highest BCUT2D eigenvalue weighted by molar-refractivity contribution is 5.76. The SMILES string of the molecule is CN(CCc1ccccc1)C(=O)CCc1cccc(N)c1. The second-order valence-corrected chi connectivity index (χ2v) is 5.30. The number of hydrogen-bond donors (Lipinski definition) is 1. The van der Waals surface area contributed by atoms with Crippen LogP contribution < -0.4 is 5.73 Å². The third kappa shape index (κ3) is 4.95. The Morgan fingerprint density at radius 1 is 1.00 bits per heavy atom. The van der Waals surface area contributed by atoms with Crippen LogP contribution in [0.5, 0.6) is 0 Å². The third-order valence-electron chi connectivity index (χ3n) is 3.58. The predicted molar refractivity (Wildman–Crippen MR) is 87.0 cm³/mol. The Kier molecular flexibility index (Phi) is 5.38.